The molecule has 0 aliphatic heterocycles. The number of imidazole rings is 1. The summed E-state index contributed by atoms with van der Waals surface area (Å²) in [6.07, 6.45) is 1.70. The maximum Gasteiger partial charge on any atom is 0.143 e. The average molecular weight is 304 g/mol. The Morgan fingerprint density at radius 1 is 1.28 bits per heavy atom. The molecule has 0 atom stereocenters. The van der Waals surface area contributed by atoms with Crippen LogP contribution in [-0.2, 0) is 19.9 Å². The smallest absolute Gasteiger partial charge is 0.143 e. The van der Waals surface area contributed by atoms with E-state index in [-0.39, 0.29) is 0 Å². The lowest BCUT2D eigenvalue weighted by molar-refractivity contribution is 0.844. The van der Waals surface area contributed by atoms with E-state index in [2.05, 4.69) is 39.1 Å². The van der Waals surface area contributed by atoms with Gasteiger partial charge in [-0.15, -0.1) is 0 Å². The number of halogens is 1. The van der Waals surface area contributed by atoms with E-state index in [0.29, 0.717) is 5.69 Å². The van der Waals surface area contributed by atoms with Crippen molar-refractivity contribution in [1.82, 2.24) is 9.55 Å². The fourth-order valence-electron chi connectivity index (χ4n) is 1.91. The molecule has 0 amide bonds. The van der Waals surface area contributed by atoms with Gasteiger partial charge in [0.2, 0.25) is 0 Å². The van der Waals surface area contributed by atoms with Crippen LogP contribution in [0.5, 0.6) is 0 Å². The van der Waals surface area contributed by atoms with Crippen molar-refractivity contribution in [3.63, 3.8) is 0 Å². The molecule has 0 bridgehead atoms. The maximum atomic E-state index is 9.13. The number of benzene rings is 1. The van der Waals surface area contributed by atoms with Crippen molar-refractivity contribution in [2.24, 2.45) is 7.05 Å². The summed E-state index contributed by atoms with van der Waals surface area (Å²) in [5.74, 6) is 0.886. The minimum Gasteiger partial charge on any atom is -0.323 e. The summed E-state index contributed by atoms with van der Waals surface area (Å²) in [7, 11) is 1.88. The third-order valence-corrected chi connectivity index (χ3v) is 3.59. The van der Waals surface area contributed by atoms with E-state index in [1.165, 1.54) is 5.56 Å². The highest BCUT2D eigenvalue weighted by Gasteiger charge is 2.11. The van der Waals surface area contributed by atoms with Gasteiger partial charge in [0.05, 0.1) is 5.69 Å². The minimum atomic E-state index is 0.671. The molecule has 3 nitrogen and oxygen atoms in total. The van der Waals surface area contributed by atoms with Crippen LogP contribution in [0, 0.1) is 18.3 Å². The van der Waals surface area contributed by atoms with Gasteiger partial charge in [0.25, 0.3) is 0 Å². The van der Waals surface area contributed by atoms with E-state index in [0.717, 1.165) is 28.8 Å². The molecular weight excluding hydrogens is 290 g/mol. The van der Waals surface area contributed by atoms with Gasteiger partial charge >= 0.3 is 0 Å². The molecule has 0 saturated carbocycles. The predicted molar refractivity (Wildman–Crippen MR) is 74.2 cm³/mol. The average Bonchev–Trinajstić information content (AvgIpc) is 2.64. The van der Waals surface area contributed by atoms with Crippen molar-refractivity contribution in [2.45, 2.75) is 19.8 Å². The zero-order valence-electron chi connectivity index (χ0n) is 10.4. The molecule has 2 rings (SSSR count). The lowest BCUT2D eigenvalue weighted by Crippen LogP contribution is -1.97. The van der Waals surface area contributed by atoms with E-state index in [9.17, 15) is 0 Å². The molecule has 4 heteroatoms. The largest absolute Gasteiger partial charge is 0.323 e. The van der Waals surface area contributed by atoms with E-state index >= 15 is 0 Å². The van der Waals surface area contributed by atoms with Crippen molar-refractivity contribution in [3.05, 3.63) is 51.5 Å². The predicted octanol–water partition coefficient (Wildman–Crippen LogP) is 3.15. The molecule has 0 unspecified atom stereocenters. The molecule has 92 valence electrons. The Labute approximate surface area is 115 Å². The maximum absolute atomic E-state index is 9.13. The summed E-state index contributed by atoms with van der Waals surface area (Å²) in [5.41, 5.74) is 2.82. The third kappa shape index (κ3) is 2.62. The van der Waals surface area contributed by atoms with Crippen LogP contribution in [0.1, 0.15) is 22.8 Å². The number of aryl methyl sites for hydroxylation is 3. The number of nitriles is 1. The van der Waals surface area contributed by atoms with E-state index in [1.54, 1.807) is 0 Å². The van der Waals surface area contributed by atoms with Crippen LogP contribution >= 0.6 is 15.9 Å². The fourth-order valence-corrected chi connectivity index (χ4v) is 2.17. The van der Waals surface area contributed by atoms with Crippen LogP contribution in [-0.4, -0.2) is 9.55 Å². The number of aromatic nitrogens is 2. The van der Waals surface area contributed by atoms with Crippen molar-refractivity contribution in [1.29, 1.82) is 5.26 Å². The molecule has 0 N–H and O–H groups in total. The highest BCUT2D eigenvalue weighted by molar-refractivity contribution is 9.10. The zero-order valence-corrected chi connectivity index (χ0v) is 12.0. The van der Waals surface area contributed by atoms with Crippen LogP contribution in [0.3, 0.4) is 0 Å². The summed E-state index contributed by atoms with van der Waals surface area (Å²) in [6.45, 7) is 1.92. The normalized spacial score (nSPS) is 10.3. The van der Waals surface area contributed by atoms with Gasteiger partial charge in [0, 0.05) is 11.5 Å². The van der Waals surface area contributed by atoms with Crippen LogP contribution in [0.2, 0.25) is 0 Å². The molecule has 0 saturated heterocycles. The number of nitrogens with zero attached hydrogens (tertiary/aromatic N) is 3. The van der Waals surface area contributed by atoms with E-state index in [1.807, 2.05) is 30.7 Å². The minimum absolute atomic E-state index is 0.671. The molecule has 1 heterocycles. The van der Waals surface area contributed by atoms with Crippen LogP contribution < -0.4 is 0 Å². The Hall–Kier alpha value is -1.60. The van der Waals surface area contributed by atoms with E-state index < -0.39 is 0 Å². The first-order chi connectivity index (χ1) is 8.61. The second-order valence-electron chi connectivity index (χ2n) is 4.25. The molecule has 1 aromatic carbocycles. The van der Waals surface area contributed by atoms with Gasteiger partial charge in [-0.25, -0.2) is 4.98 Å². The molecule has 0 radical (unpaired) electrons. The Kier molecular flexibility index (Phi) is 3.83. The molecule has 1 aromatic heterocycles. The molecule has 2 aromatic rings. The van der Waals surface area contributed by atoms with E-state index in [4.69, 9.17) is 5.26 Å². The molecule has 0 fully saturated rings. The van der Waals surface area contributed by atoms with Crippen LogP contribution in [0.25, 0.3) is 0 Å². The van der Waals surface area contributed by atoms with Gasteiger partial charge in [0.15, 0.2) is 0 Å². The zero-order chi connectivity index (χ0) is 13.1. The quantitative estimate of drug-likeness (QED) is 0.874. The summed E-state index contributed by atoms with van der Waals surface area (Å²) in [4.78, 5) is 4.44. The standard InChI is InChI=1S/C14H14BrN3/c1-10-17-13(14(9-16)18(10)2)8-5-11-3-6-12(15)7-4-11/h3-4,6-7H,5,8H2,1-2H3. The highest BCUT2D eigenvalue weighted by atomic mass is 79.9. The van der Waals surface area contributed by atoms with Gasteiger partial charge in [0.1, 0.15) is 17.6 Å². The SMILES string of the molecule is Cc1nc(CCc2ccc(Br)cc2)c(C#N)n1C. The monoisotopic (exact) mass is 303 g/mol. The molecule has 0 aliphatic carbocycles. The second kappa shape index (κ2) is 5.36. The molecule has 0 aliphatic rings. The number of rotatable bonds is 3. The summed E-state index contributed by atoms with van der Waals surface area (Å²) in [6, 6.07) is 10.5. The fraction of sp³-hybridized carbons (Fsp3) is 0.286. The molecule has 0 spiro atoms. The highest BCUT2D eigenvalue weighted by Crippen LogP contribution is 2.15. The lowest BCUT2D eigenvalue weighted by Gasteiger charge is -2.00. The number of hydrogen-bond acceptors (Lipinski definition) is 2. The van der Waals surface area contributed by atoms with Gasteiger partial charge in [-0.05, 0) is 37.5 Å². The first-order valence-corrected chi connectivity index (χ1v) is 6.58. The Balaban J connectivity index is 2.13. The Morgan fingerprint density at radius 3 is 2.56 bits per heavy atom. The lowest BCUT2D eigenvalue weighted by atomic mass is 10.1. The Bertz CT molecular complexity index is 591. The van der Waals surface area contributed by atoms with Crippen molar-refractivity contribution in [3.8, 4) is 6.07 Å². The van der Waals surface area contributed by atoms with Gasteiger partial charge in [-0.1, -0.05) is 28.1 Å². The summed E-state index contributed by atoms with van der Waals surface area (Å²) in [5, 5.41) is 9.13. The van der Waals surface area contributed by atoms with Crippen LogP contribution in [0.15, 0.2) is 28.7 Å². The number of hydrogen-bond donors (Lipinski definition) is 0. The second-order valence-corrected chi connectivity index (χ2v) is 5.17. The van der Waals surface area contributed by atoms with Crippen molar-refractivity contribution < 1.29 is 0 Å². The third-order valence-electron chi connectivity index (χ3n) is 3.06. The summed E-state index contributed by atoms with van der Waals surface area (Å²) < 4.78 is 2.93. The van der Waals surface area contributed by atoms with Gasteiger partial charge in [-0.2, -0.15) is 5.26 Å². The summed E-state index contributed by atoms with van der Waals surface area (Å²) >= 11 is 3.42. The molecular formula is C14H14BrN3. The van der Waals surface area contributed by atoms with Crippen LogP contribution in [0.4, 0.5) is 0 Å². The van der Waals surface area contributed by atoms with Crippen molar-refractivity contribution >= 4 is 15.9 Å². The van der Waals surface area contributed by atoms with Gasteiger partial charge in [-0.3, -0.25) is 0 Å². The van der Waals surface area contributed by atoms with Gasteiger partial charge < -0.3 is 4.57 Å². The Morgan fingerprint density at radius 2 is 1.94 bits per heavy atom. The van der Waals surface area contributed by atoms with Crippen molar-refractivity contribution in [2.75, 3.05) is 0 Å². The topological polar surface area (TPSA) is 41.6 Å². The first kappa shape index (κ1) is 12.8. The first-order valence-electron chi connectivity index (χ1n) is 5.78. The molecule has 18 heavy (non-hydrogen) atoms.